The fourth-order valence-corrected chi connectivity index (χ4v) is 4.89. The van der Waals surface area contributed by atoms with E-state index < -0.39 is 0 Å². The first-order valence-corrected chi connectivity index (χ1v) is 8.69. The number of β-amino-alcohol motifs (C(OH)–C–C–N with tert-alkyl or cyclic N) is 1. The van der Waals surface area contributed by atoms with E-state index in [2.05, 4.69) is 52.3 Å². The van der Waals surface area contributed by atoms with Gasteiger partial charge in [-0.2, -0.15) is 0 Å². The smallest absolute Gasteiger partial charge is 0.0558 e. The predicted molar refractivity (Wildman–Crippen MR) is 92.3 cm³/mol. The highest BCUT2D eigenvalue weighted by Crippen LogP contribution is 2.49. The van der Waals surface area contributed by atoms with Gasteiger partial charge in [0, 0.05) is 36.9 Å². The van der Waals surface area contributed by atoms with Gasteiger partial charge in [0.15, 0.2) is 0 Å². The lowest BCUT2D eigenvalue weighted by molar-refractivity contribution is 0.152. The van der Waals surface area contributed by atoms with Gasteiger partial charge in [0.05, 0.1) is 12.6 Å². The topological polar surface area (TPSA) is 26.7 Å². The number of para-hydroxylation sites is 1. The molecule has 2 atom stereocenters. The molecule has 1 N–H and O–H groups in total. The third-order valence-corrected chi connectivity index (χ3v) is 5.82. The van der Waals surface area contributed by atoms with Crippen LogP contribution in [0.1, 0.15) is 12.0 Å². The van der Waals surface area contributed by atoms with Gasteiger partial charge in [0.1, 0.15) is 0 Å². The molecule has 3 heteroatoms. The molecule has 23 heavy (non-hydrogen) atoms. The molecule has 2 heterocycles. The molecule has 1 aromatic carbocycles. The minimum atomic E-state index is 0.249. The molecule has 1 saturated heterocycles. The van der Waals surface area contributed by atoms with Crippen molar-refractivity contribution in [1.82, 2.24) is 4.90 Å². The second-order valence-electron chi connectivity index (χ2n) is 6.95. The number of fused-ring (bicyclic) bond motifs is 2. The summed E-state index contributed by atoms with van der Waals surface area (Å²) < 4.78 is 0. The van der Waals surface area contributed by atoms with E-state index in [4.69, 9.17) is 0 Å². The average molecular weight is 306 g/mol. The fraction of sp³-hybridized carbons (Fsp3) is 0.400. The van der Waals surface area contributed by atoms with Crippen LogP contribution in [-0.2, 0) is 6.42 Å². The Balaban J connectivity index is 1.70. The summed E-state index contributed by atoms with van der Waals surface area (Å²) in [7, 11) is 0. The summed E-state index contributed by atoms with van der Waals surface area (Å²) in [4.78, 5) is 5.06. The van der Waals surface area contributed by atoms with Gasteiger partial charge in [-0.25, -0.2) is 0 Å². The van der Waals surface area contributed by atoms with Crippen molar-refractivity contribution in [1.29, 1.82) is 0 Å². The summed E-state index contributed by atoms with van der Waals surface area (Å²) in [5, 5.41) is 9.45. The summed E-state index contributed by atoms with van der Waals surface area (Å²) in [6.45, 7) is 3.09. The number of aliphatic hydroxyl groups is 1. The number of rotatable bonds is 2. The van der Waals surface area contributed by atoms with E-state index in [1.165, 1.54) is 22.5 Å². The first kappa shape index (κ1) is 13.6. The van der Waals surface area contributed by atoms with Gasteiger partial charge in [-0.3, -0.25) is 4.90 Å². The second kappa shape index (κ2) is 5.08. The largest absolute Gasteiger partial charge is 0.395 e. The van der Waals surface area contributed by atoms with E-state index in [1.807, 2.05) is 0 Å². The van der Waals surface area contributed by atoms with Crippen LogP contribution in [0.15, 0.2) is 59.3 Å². The summed E-state index contributed by atoms with van der Waals surface area (Å²) in [5.74, 6) is 0.547. The lowest BCUT2D eigenvalue weighted by Crippen LogP contribution is -2.51. The molecule has 3 nitrogen and oxygen atoms in total. The summed E-state index contributed by atoms with van der Waals surface area (Å²) >= 11 is 0. The first-order chi connectivity index (χ1) is 11.4. The molecule has 0 radical (unpaired) electrons. The average Bonchev–Trinajstić information content (AvgIpc) is 2.90. The molecule has 2 aliphatic carbocycles. The molecule has 0 aromatic heterocycles. The molecular weight excluding hydrogens is 284 g/mol. The quantitative estimate of drug-likeness (QED) is 0.909. The molecule has 5 rings (SSSR count). The molecule has 1 fully saturated rings. The first-order valence-electron chi connectivity index (χ1n) is 8.69. The van der Waals surface area contributed by atoms with Gasteiger partial charge >= 0.3 is 0 Å². The summed E-state index contributed by atoms with van der Waals surface area (Å²) in [5.41, 5.74) is 7.40. The Bertz CT molecular complexity index is 746. The highest BCUT2D eigenvalue weighted by atomic mass is 16.3. The Labute approximate surface area is 137 Å². The molecule has 0 saturated carbocycles. The van der Waals surface area contributed by atoms with Crippen LogP contribution in [0.5, 0.6) is 0 Å². The zero-order chi connectivity index (χ0) is 15.4. The summed E-state index contributed by atoms with van der Waals surface area (Å²) in [6, 6.07) is 9.33. The van der Waals surface area contributed by atoms with E-state index >= 15 is 0 Å². The van der Waals surface area contributed by atoms with Crippen molar-refractivity contribution in [2.75, 3.05) is 31.1 Å². The number of benzene rings is 1. The Morgan fingerprint density at radius 3 is 3.00 bits per heavy atom. The van der Waals surface area contributed by atoms with Crippen molar-refractivity contribution >= 4 is 5.69 Å². The number of nitrogens with zero attached hydrogens (tertiary/aromatic N) is 2. The lowest BCUT2D eigenvalue weighted by atomic mass is 9.87. The van der Waals surface area contributed by atoms with Crippen molar-refractivity contribution in [3.05, 3.63) is 64.9 Å². The van der Waals surface area contributed by atoms with Crippen LogP contribution in [0, 0.1) is 5.92 Å². The molecule has 118 valence electrons. The Morgan fingerprint density at radius 2 is 2.09 bits per heavy atom. The maximum Gasteiger partial charge on any atom is 0.0558 e. The highest BCUT2D eigenvalue weighted by molar-refractivity contribution is 5.68. The molecule has 0 unspecified atom stereocenters. The number of aliphatic hydroxyl groups excluding tert-OH is 1. The molecule has 0 spiro atoms. The SMILES string of the molecule is OCCN1CCN2C3=C4C(=CC=C[C@@H]4C[C@H]31)Cc1ccccc12. The van der Waals surface area contributed by atoms with E-state index in [-0.39, 0.29) is 6.61 Å². The van der Waals surface area contributed by atoms with Gasteiger partial charge in [-0.1, -0.05) is 36.4 Å². The van der Waals surface area contributed by atoms with Crippen LogP contribution >= 0.6 is 0 Å². The predicted octanol–water partition coefficient (Wildman–Crippen LogP) is 2.50. The lowest BCUT2D eigenvalue weighted by Gasteiger charge is -2.42. The third-order valence-electron chi connectivity index (χ3n) is 5.82. The van der Waals surface area contributed by atoms with E-state index in [0.717, 1.165) is 32.5 Å². The number of hydrogen-bond acceptors (Lipinski definition) is 3. The molecule has 0 amide bonds. The Hall–Kier alpha value is -1.84. The van der Waals surface area contributed by atoms with Crippen LogP contribution in [0.4, 0.5) is 5.69 Å². The molecule has 4 aliphatic rings. The van der Waals surface area contributed by atoms with E-state index in [9.17, 15) is 5.11 Å². The van der Waals surface area contributed by atoms with Crippen LogP contribution < -0.4 is 4.90 Å². The van der Waals surface area contributed by atoms with E-state index in [0.29, 0.717) is 12.0 Å². The normalized spacial score (nSPS) is 28.4. The van der Waals surface area contributed by atoms with Gasteiger partial charge < -0.3 is 10.0 Å². The number of piperazine rings is 1. The van der Waals surface area contributed by atoms with Crippen molar-refractivity contribution in [3.63, 3.8) is 0 Å². The number of hydrogen-bond donors (Lipinski definition) is 1. The monoisotopic (exact) mass is 306 g/mol. The van der Waals surface area contributed by atoms with Crippen molar-refractivity contribution in [2.45, 2.75) is 18.9 Å². The minimum absolute atomic E-state index is 0.249. The fourth-order valence-electron chi connectivity index (χ4n) is 4.89. The molecule has 0 bridgehead atoms. The zero-order valence-electron chi connectivity index (χ0n) is 13.3. The Kier molecular flexibility index (Phi) is 3.00. The third kappa shape index (κ3) is 1.90. The van der Waals surface area contributed by atoms with Gasteiger partial charge in [0.25, 0.3) is 0 Å². The van der Waals surface area contributed by atoms with Crippen molar-refractivity contribution < 1.29 is 5.11 Å². The zero-order valence-corrected chi connectivity index (χ0v) is 13.3. The molecule has 1 aromatic rings. The van der Waals surface area contributed by atoms with Crippen molar-refractivity contribution in [3.8, 4) is 0 Å². The highest BCUT2D eigenvalue weighted by Gasteiger charge is 2.44. The second-order valence-corrected chi connectivity index (χ2v) is 6.95. The number of allylic oxidation sites excluding steroid dienone is 5. The maximum atomic E-state index is 9.45. The van der Waals surface area contributed by atoms with Crippen LogP contribution in [0.2, 0.25) is 0 Å². The van der Waals surface area contributed by atoms with Crippen LogP contribution in [0.25, 0.3) is 0 Å². The molecule has 2 aliphatic heterocycles. The van der Waals surface area contributed by atoms with E-state index in [1.54, 1.807) is 5.57 Å². The van der Waals surface area contributed by atoms with Gasteiger partial charge in [0.2, 0.25) is 0 Å². The van der Waals surface area contributed by atoms with Crippen molar-refractivity contribution in [2.24, 2.45) is 5.92 Å². The summed E-state index contributed by atoms with van der Waals surface area (Å²) in [6.07, 6.45) is 9.13. The Morgan fingerprint density at radius 1 is 1.17 bits per heavy atom. The van der Waals surface area contributed by atoms with Gasteiger partial charge in [-0.15, -0.1) is 0 Å². The minimum Gasteiger partial charge on any atom is -0.395 e. The maximum absolute atomic E-state index is 9.45. The molecular formula is C20H22N2O. The number of anilines is 1. The van der Waals surface area contributed by atoms with Crippen LogP contribution in [0.3, 0.4) is 0 Å². The van der Waals surface area contributed by atoms with Crippen LogP contribution in [-0.4, -0.2) is 42.3 Å². The van der Waals surface area contributed by atoms with Gasteiger partial charge in [-0.05, 0) is 35.6 Å². The standard InChI is InChI=1S/C20H22N2O/c23-11-10-21-8-9-22-17-7-2-1-4-14(17)12-15-5-3-6-16-13-18(21)20(22)19(15)16/h1-7,16,18,23H,8-13H2/t16-,18-/m1/s1.